The normalized spacial score (nSPS) is 10.7. The predicted molar refractivity (Wildman–Crippen MR) is 76.7 cm³/mol. The largest absolute Gasteiger partial charge is 0.353 e. The second kappa shape index (κ2) is 5.92. The summed E-state index contributed by atoms with van der Waals surface area (Å²) in [6.45, 7) is 3.43. The minimum atomic E-state index is -0.709. The fourth-order valence-corrected chi connectivity index (χ4v) is 1.85. The lowest BCUT2D eigenvalue weighted by molar-refractivity contribution is -0.386. The maximum Gasteiger partial charge on any atom is 0.344 e. The van der Waals surface area contributed by atoms with E-state index in [4.69, 9.17) is 16.1 Å². The van der Waals surface area contributed by atoms with Crippen LogP contribution in [0.25, 0.3) is 0 Å². The number of nitrogens with one attached hydrogen (secondary N) is 1. The molecular formula is C13H12ClN3O4. The van der Waals surface area contributed by atoms with Gasteiger partial charge in [-0.3, -0.25) is 14.9 Å². The highest BCUT2D eigenvalue weighted by atomic mass is 35.5. The molecule has 0 aliphatic rings. The zero-order valence-electron chi connectivity index (χ0n) is 11.3. The van der Waals surface area contributed by atoms with E-state index in [2.05, 4.69) is 10.5 Å². The van der Waals surface area contributed by atoms with E-state index in [-0.39, 0.29) is 17.4 Å². The van der Waals surface area contributed by atoms with E-state index in [1.165, 1.54) is 0 Å². The molecule has 0 bridgehead atoms. The van der Waals surface area contributed by atoms with Crippen molar-refractivity contribution in [3.05, 3.63) is 50.9 Å². The predicted octanol–water partition coefficient (Wildman–Crippen LogP) is 3.61. The van der Waals surface area contributed by atoms with Gasteiger partial charge in [0.25, 0.3) is 5.91 Å². The van der Waals surface area contributed by atoms with Crippen molar-refractivity contribution < 1.29 is 14.2 Å². The number of nitrogens with zero attached hydrogens (tertiary/aromatic N) is 2. The van der Waals surface area contributed by atoms with Crippen molar-refractivity contribution in [1.29, 1.82) is 0 Å². The van der Waals surface area contributed by atoms with Gasteiger partial charge in [0.1, 0.15) is 0 Å². The SMILES string of the molecule is CC(C)c1onc(C(=O)Nc2ccc(Cl)cc2)c1[N+](=O)[O-]. The van der Waals surface area contributed by atoms with Crippen molar-refractivity contribution in [2.24, 2.45) is 0 Å². The number of rotatable bonds is 4. The molecule has 0 radical (unpaired) electrons. The molecule has 1 aromatic heterocycles. The third-order valence-electron chi connectivity index (χ3n) is 2.72. The van der Waals surface area contributed by atoms with Crippen molar-refractivity contribution in [3.63, 3.8) is 0 Å². The Morgan fingerprint density at radius 2 is 2.00 bits per heavy atom. The highest BCUT2D eigenvalue weighted by Crippen LogP contribution is 2.30. The topological polar surface area (TPSA) is 98.3 Å². The molecule has 0 aliphatic heterocycles. The van der Waals surface area contributed by atoms with E-state index in [1.54, 1.807) is 38.1 Å². The van der Waals surface area contributed by atoms with Gasteiger partial charge in [-0.25, -0.2) is 0 Å². The summed E-state index contributed by atoms with van der Waals surface area (Å²) in [5.74, 6) is -0.893. The maximum atomic E-state index is 12.1. The van der Waals surface area contributed by atoms with Crippen molar-refractivity contribution in [1.82, 2.24) is 5.16 Å². The third-order valence-corrected chi connectivity index (χ3v) is 2.97. The van der Waals surface area contributed by atoms with Gasteiger partial charge in [-0.1, -0.05) is 30.6 Å². The Morgan fingerprint density at radius 1 is 1.38 bits per heavy atom. The van der Waals surface area contributed by atoms with Gasteiger partial charge in [-0.2, -0.15) is 0 Å². The second-order valence-electron chi connectivity index (χ2n) is 4.62. The number of carbonyl (C=O) groups excluding carboxylic acids is 1. The number of benzene rings is 1. The second-order valence-corrected chi connectivity index (χ2v) is 5.05. The minimum Gasteiger partial charge on any atom is -0.353 e. The number of carbonyl (C=O) groups is 1. The van der Waals surface area contributed by atoms with Crippen LogP contribution in [0.15, 0.2) is 28.8 Å². The Labute approximate surface area is 125 Å². The average molecular weight is 310 g/mol. The molecule has 0 atom stereocenters. The Balaban J connectivity index is 2.31. The Morgan fingerprint density at radius 3 is 2.52 bits per heavy atom. The number of anilines is 1. The van der Waals surface area contributed by atoms with Crippen LogP contribution in [0.3, 0.4) is 0 Å². The Hall–Kier alpha value is -2.41. The van der Waals surface area contributed by atoms with Crippen molar-refractivity contribution in [3.8, 4) is 0 Å². The molecule has 2 aromatic rings. The first-order valence-electron chi connectivity index (χ1n) is 6.11. The van der Waals surface area contributed by atoms with Gasteiger partial charge in [0.05, 0.1) is 4.92 Å². The van der Waals surface area contributed by atoms with Gasteiger partial charge in [0, 0.05) is 16.6 Å². The Kier molecular flexibility index (Phi) is 4.23. The van der Waals surface area contributed by atoms with Crippen LogP contribution in [0.2, 0.25) is 5.02 Å². The minimum absolute atomic E-state index is 0.0706. The van der Waals surface area contributed by atoms with E-state index in [1.807, 2.05) is 0 Å². The first-order chi connectivity index (χ1) is 9.90. The number of hydrogen-bond acceptors (Lipinski definition) is 5. The van der Waals surface area contributed by atoms with E-state index in [9.17, 15) is 14.9 Å². The van der Waals surface area contributed by atoms with E-state index < -0.39 is 16.5 Å². The van der Waals surface area contributed by atoms with Crippen LogP contribution in [0.1, 0.15) is 36.0 Å². The zero-order chi connectivity index (χ0) is 15.6. The Bertz CT molecular complexity index is 679. The third kappa shape index (κ3) is 3.19. The van der Waals surface area contributed by atoms with E-state index >= 15 is 0 Å². The molecule has 1 N–H and O–H groups in total. The van der Waals surface area contributed by atoms with Crippen LogP contribution in [-0.2, 0) is 0 Å². The number of aromatic nitrogens is 1. The van der Waals surface area contributed by atoms with E-state index in [0.29, 0.717) is 10.7 Å². The molecule has 0 saturated heterocycles. The molecule has 1 heterocycles. The molecule has 1 amide bonds. The van der Waals surface area contributed by atoms with Crippen molar-refractivity contribution in [2.45, 2.75) is 19.8 Å². The molecule has 7 nitrogen and oxygen atoms in total. The van der Waals surface area contributed by atoms with Crippen LogP contribution < -0.4 is 5.32 Å². The summed E-state index contributed by atoms with van der Waals surface area (Å²) in [7, 11) is 0. The van der Waals surface area contributed by atoms with Gasteiger partial charge in [0.15, 0.2) is 0 Å². The summed E-state index contributed by atoms with van der Waals surface area (Å²) in [6.07, 6.45) is 0. The molecule has 0 unspecified atom stereocenters. The maximum absolute atomic E-state index is 12.1. The van der Waals surface area contributed by atoms with Gasteiger partial charge in [-0.05, 0) is 24.3 Å². The van der Waals surface area contributed by atoms with Crippen LogP contribution >= 0.6 is 11.6 Å². The average Bonchev–Trinajstić information content (AvgIpc) is 2.86. The lowest BCUT2D eigenvalue weighted by Crippen LogP contribution is -2.14. The fraction of sp³-hybridized carbons (Fsp3) is 0.231. The van der Waals surface area contributed by atoms with Crippen LogP contribution in [0.5, 0.6) is 0 Å². The van der Waals surface area contributed by atoms with E-state index in [0.717, 1.165) is 0 Å². The number of amides is 1. The summed E-state index contributed by atoms with van der Waals surface area (Å²) in [5.41, 5.74) is -0.303. The number of nitro groups is 1. The highest BCUT2D eigenvalue weighted by molar-refractivity contribution is 6.30. The molecular weight excluding hydrogens is 298 g/mol. The molecule has 0 fully saturated rings. The monoisotopic (exact) mass is 309 g/mol. The quantitative estimate of drug-likeness (QED) is 0.687. The summed E-state index contributed by atoms with van der Waals surface area (Å²) in [4.78, 5) is 22.5. The van der Waals surface area contributed by atoms with Crippen LogP contribution in [0.4, 0.5) is 11.4 Å². The molecule has 2 rings (SSSR count). The fourth-order valence-electron chi connectivity index (χ4n) is 1.73. The standard InChI is InChI=1S/C13H12ClN3O4/c1-7(2)12-11(17(19)20)10(16-21-12)13(18)15-9-5-3-8(14)4-6-9/h3-7H,1-2H3,(H,15,18). The first-order valence-corrected chi connectivity index (χ1v) is 6.48. The molecule has 110 valence electrons. The molecule has 0 aliphatic carbocycles. The molecule has 21 heavy (non-hydrogen) atoms. The van der Waals surface area contributed by atoms with Gasteiger partial charge in [-0.15, -0.1) is 0 Å². The molecule has 0 spiro atoms. The first kappa shape index (κ1) is 15.0. The molecule has 8 heteroatoms. The van der Waals surface area contributed by atoms with Crippen LogP contribution in [0, 0.1) is 10.1 Å². The number of hydrogen-bond donors (Lipinski definition) is 1. The highest BCUT2D eigenvalue weighted by Gasteiger charge is 2.33. The van der Waals surface area contributed by atoms with Gasteiger partial charge >= 0.3 is 5.69 Å². The molecule has 0 saturated carbocycles. The summed E-state index contributed by atoms with van der Waals surface area (Å²) in [5, 5.41) is 17.7. The summed E-state index contributed by atoms with van der Waals surface area (Å²) < 4.78 is 4.92. The molecule has 1 aromatic carbocycles. The lowest BCUT2D eigenvalue weighted by Gasteiger charge is -2.02. The summed E-state index contributed by atoms with van der Waals surface area (Å²) >= 11 is 5.74. The summed E-state index contributed by atoms with van der Waals surface area (Å²) in [6, 6.07) is 6.34. The van der Waals surface area contributed by atoms with Gasteiger partial charge < -0.3 is 9.84 Å². The lowest BCUT2D eigenvalue weighted by atomic mass is 10.1. The van der Waals surface area contributed by atoms with Crippen molar-refractivity contribution >= 4 is 28.9 Å². The van der Waals surface area contributed by atoms with Crippen molar-refractivity contribution in [2.75, 3.05) is 5.32 Å². The number of halogens is 1. The van der Waals surface area contributed by atoms with Crippen LogP contribution in [-0.4, -0.2) is 16.0 Å². The smallest absolute Gasteiger partial charge is 0.344 e. The zero-order valence-corrected chi connectivity index (χ0v) is 12.0. The van der Waals surface area contributed by atoms with Gasteiger partial charge in [0.2, 0.25) is 11.5 Å².